The maximum Gasteiger partial charge on any atom is 0.315 e. The fourth-order valence-electron chi connectivity index (χ4n) is 0.433. The van der Waals surface area contributed by atoms with E-state index in [2.05, 4.69) is 9.97 Å². The minimum Gasteiger partial charge on any atom is -0.384 e. The average Bonchev–Trinajstić information content (AvgIpc) is 1.80. The van der Waals surface area contributed by atoms with Gasteiger partial charge >= 0.3 is 11.1 Å². The molecule has 0 saturated carbocycles. The molecule has 48 valence electrons. The molecule has 0 aliphatic heterocycles. The molecule has 4 N–H and O–H groups in total. The number of aromatic nitrogens is 2. The SMILES string of the molecule is Nc1c[nH]c(=O)c(=O)[nH]1. The highest BCUT2D eigenvalue weighted by atomic mass is 16.2. The molecular weight excluding hydrogens is 122 g/mol. The molecule has 0 spiro atoms. The van der Waals surface area contributed by atoms with Gasteiger partial charge in [-0.25, -0.2) is 0 Å². The third-order valence-electron chi connectivity index (χ3n) is 0.823. The number of hydrogen-bond acceptors (Lipinski definition) is 3. The van der Waals surface area contributed by atoms with E-state index in [0.29, 0.717) is 0 Å². The maximum absolute atomic E-state index is 10.4. The highest BCUT2D eigenvalue weighted by Crippen LogP contribution is 1.78. The molecule has 1 heterocycles. The fourth-order valence-corrected chi connectivity index (χ4v) is 0.433. The lowest BCUT2D eigenvalue weighted by Crippen LogP contribution is -2.29. The zero-order valence-corrected chi connectivity index (χ0v) is 4.47. The number of hydrogen-bond donors (Lipinski definition) is 3. The summed E-state index contributed by atoms with van der Waals surface area (Å²) in [7, 11) is 0. The van der Waals surface area contributed by atoms with E-state index in [1.807, 2.05) is 0 Å². The van der Waals surface area contributed by atoms with Gasteiger partial charge < -0.3 is 15.7 Å². The molecule has 0 aliphatic rings. The largest absolute Gasteiger partial charge is 0.384 e. The number of anilines is 1. The van der Waals surface area contributed by atoms with Crippen molar-refractivity contribution >= 4 is 5.82 Å². The van der Waals surface area contributed by atoms with Crippen LogP contribution in [0.4, 0.5) is 5.82 Å². The summed E-state index contributed by atoms with van der Waals surface area (Å²) in [5.74, 6) is 0.152. The molecule has 1 rings (SSSR count). The van der Waals surface area contributed by atoms with Crippen LogP contribution in [0.5, 0.6) is 0 Å². The average molecular weight is 127 g/mol. The van der Waals surface area contributed by atoms with Crippen LogP contribution in [0.1, 0.15) is 0 Å². The molecule has 0 amide bonds. The van der Waals surface area contributed by atoms with Crippen LogP contribution in [0.25, 0.3) is 0 Å². The molecule has 1 aromatic rings. The van der Waals surface area contributed by atoms with Crippen LogP contribution in [0.15, 0.2) is 15.8 Å². The van der Waals surface area contributed by atoms with Crippen LogP contribution < -0.4 is 16.9 Å². The molecule has 0 aromatic carbocycles. The summed E-state index contributed by atoms with van der Waals surface area (Å²) in [4.78, 5) is 24.9. The van der Waals surface area contributed by atoms with E-state index < -0.39 is 11.1 Å². The first-order chi connectivity index (χ1) is 4.20. The Kier molecular flexibility index (Phi) is 1.11. The molecule has 5 heteroatoms. The van der Waals surface area contributed by atoms with Gasteiger partial charge in [0.25, 0.3) is 0 Å². The van der Waals surface area contributed by atoms with Gasteiger partial charge in [0.1, 0.15) is 5.82 Å². The van der Waals surface area contributed by atoms with Crippen LogP contribution >= 0.6 is 0 Å². The number of aromatic amines is 2. The van der Waals surface area contributed by atoms with E-state index in [1.165, 1.54) is 6.20 Å². The van der Waals surface area contributed by atoms with Gasteiger partial charge in [0.2, 0.25) is 0 Å². The first-order valence-corrected chi connectivity index (χ1v) is 2.27. The molecule has 0 saturated heterocycles. The van der Waals surface area contributed by atoms with Crippen molar-refractivity contribution in [3.8, 4) is 0 Å². The summed E-state index contributed by atoms with van der Waals surface area (Å²) in [5.41, 5.74) is 3.68. The lowest BCUT2D eigenvalue weighted by Gasteiger charge is -1.86. The minimum atomic E-state index is -0.727. The highest BCUT2D eigenvalue weighted by Gasteiger charge is 1.89. The van der Waals surface area contributed by atoms with Crippen molar-refractivity contribution in [2.45, 2.75) is 0 Å². The summed E-state index contributed by atoms with van der Waals surface area (Å²) >= 11 is 0. The second-order valence-electron chi connectivity index (χ2n) is 1.53. The van der Waals surface area contributed by atoms with Crippen molar-refractivity contribution in [3.63, 3.8) is 0 Å². The van der Waals surface area contributed by atoms with Gasteiger partial charge in [-0.3, -0.25) is 9.59 Å². The molecule has 0 radical (unpaired) electrons. The lowest BCUT2D eigenvalue weighted by atomic mass is 10.7. The predicted octanol–water partition coefficient (Wildman–Crippen LogP) is -1.35. The Hall–Kier alpha value is -1.52. The summed E-state index contributed by atoms with van der Waals surface area (Å²) in [5, 5.41) is 0. The first-order valence-electron chi connectivity index (χ1n) is 2.27. The van der Waals surface area contributed by atoms with E-state index in [-0.39, 0.29) is 5.82 Å². The van der Waals surface area contributed by atoms with Gasteiger partial charge in [-0.1, -0.05) is 0 Å². The highest BCUT2D eigenvalue weighted by molar-refractivity contribution is 5.20. The molecular formula is C4H5N3O2. The van der Waals surface area contributed by atoms with Gasteiger partial charge in [-0.15, -0.1) is 0 Å². The Bertz CT molecular complexity index is 310. The molecule has 9 heavy (non-hydrogen) atoms. The zero-order valence-electron chi connectivity index (χ0n) is 4.47. The van der Waals surface area contributed by atoms with Crippen molar-refractivity contribution in [1.29, 1.82) is 0 Å². The van der Waals surface area contributed by atoms with Gasteiger partial charge in [-0.2, -0.15) is 0 Å². The quantitative estimate of drug-likeness (QED) is 0.376. The Morgan fingerprint density at radius 1 is 1.33 bits per heavy atom. The topological polar surface area (TPSA) is 91.7 Å². The molecule has 0 unspecified atom stereocenters. The number of H-pyrrole nitrogens is 2. The number of rotatable bonds is 0. The van der Waals surface area contributed by atoms with Crippen molar-refractivity contribution < 1.29 is 0 Å². The standard InChI is InChI=1S/C4H5N3O2/c5-2-1-6-3(8)4(9)7-2/h1H,(H,6,8)(H3,5,7,9). The third-order valence-corrected chi connectivity index (χ3v) is 0.823. The fraction of sp³-hybridized carbons (Fsp3) is 0. The number of nitrogens with two attached hydrogens (primary N) is 1. The van der Waals surface area contributed by atoms with Gasteiger partial charge in [0.15, 0.2) is 0 Å². The molecule has 0 bridgehead atoms. The second-order valence-corrected chi connectivity index (χ2v) is 1.53. The minimum absolute atomic E-state index is 0.152. The van der Waals surface area contributed by atoms with Crippen molar-refractivity contribution in [3.05, 3.63) is 26.9 Å². The van der Waals surface area contributed by atoms with E-state index >= 15 is 0 Å². The number of nitrogen functional groups attached to an aromatic ring is 1. The summed E-state index contributed by atoms with van der Waals surface area (Å²) in [6, 6.07) is 0. The third kappa shape index (κ3) is 0.987. The molecule has 0 atom stereocenters. The van der Waals surface area contributed by atoms with E-state index in [1.54, 1.807) is 0 Å². The van der Waals surface area contributed by atoms with Gasteiger partial charge in [-0.05, 0) is 0 Å². The van der Waals surface area contributed by atoms with E-state index in [0.717, 1.165) is 0 Å². The Morgan fingerprint density at radius 2 is 2.00 bits per heavy atom. The molecule has 0 aliphatic carbocycles. The van der Waals surface area contributed by atoms with Gasteiger partial charge in [0.05, 0.1) is 0 Å². The summed E-state index contributed by atoms with van der Waals surface area (Å²) in [6.45, 7) is 0. The van der Waals surface area contributed by atoms with Crippen molar-refractivity contribution in [2.75, 3.05) is 5.73 Å². The summed E-state index contributed by atoms with van der Waals surface area (Å²) < 4.78 is 0. The normalized spacial score (nSPS) is 9.33. The summed E-state index contributed by atoms with van der Waals surface area (Å²) in [6.07, 6.45) is 1.23. The second kappa shape index (κ2) is 1.77. The van der Waals surface area contributed by atoms with Crippen molar-refractivity contribution in [2.24, 2.45) is 0 Å². The Morgan fingerprint density at radius 3 is 2.44 bits per heavy atom. The number of nitrogens with one attached hydrogen (secondary N) is 2. The monoisotopic (exact) mass is 127 g/mol. The van der Waals surface area contributed by atoms with Crippen molar-refractivity contribution in [1.82, 2.24) is 9.97 Å². The maximum atomic E-state index is 10.4. The van der Waals surface area contributed by atoms with E-state index in [9.17, 15) is 9.59 Å². The van der Waals surface area contributed by atoms with Crippen LogP contribution in [0.2, 0.25) is 0 Å². The van der Waals surface area contributed by atoms with Crippen LogP contribution in [0.3, 0.4) is 0 Å². The first kappa shape index (κ1) is 5.61. The zero-order chi connectivity index (χ0) is 6.85. The van der Waals surface area contributed by atoms with Crippen LogP contribution in [-0.2, 0) is 0 Å². The Balaban J connectivity index is 3.53. The molecule has 0 fully saturated rings. The van der Waals surface area contributed by atoms with Crippen LogP contribution in [0, 0.1) is 0 Å². The molecule has 5 nitrogen and oxygen atoms in total. The molecule has 1 aromatic heterocycles. The van der Waals surface area contributed by atoms with E-state index in [4.69, 9.17) is 5.73 Å². The Labute approximate surface area is 49.5 Å². The smallest absolute Gasteiger partial charge is 0.315 e. The lowest BCUT2D eigenvalue weighted by molar-refractivity contribution is 1.09. The van der Waals surface area contributed by atoms with Crippen LogP contribution in [-0.4, -0.2) is 9.97 Å². The van der Waals surface area contributed by atoms with Gasteiger partial charge in [0, 0.05) is 6.20 Å². The predicted molar refractivity (Wildman–Crippen MR) is 32.1 cm³/mol.